The fourth-order valence-corrected chi connectivity index (χ4v) is 8.98. The van der Waals surface area contributed by atoms with Crippen molar-refractivity contribution in [3.63, 3.8) is 0 Å². The van der Waals surface area contributed by atoms with Gasteiger partial charge in [0.05, 0.1) is 25.4 Å². The van der Waals surface area contributed by atoms with E-state index in [1.54, 1.807) is 0 Å². The molecule has 0 aromatic heterocycles. The van der Waals surface area contributed by atoms with Crippen LogP contribution in [0.5, 0.6) is 0 Å². The summed E-state index contributed by atoms with van der Waals surface area (Å²) in [4.78, 5) is 13.0. The third kappa shape index (κ3) is 34.8. The highest BCUT2D eigenvalue weighted by Gasteiger charge is 2.44. The van der Waals surface area contributed by atoms with Gasteiger partial charge >= 0.3 is 0 Å². The summed E-state index contributed by atoms with van der Waals surface area (Å²) >= 11 is 0. The molecule has 1 rings (SSSR count). The van der Waals surface area contributed by atoms with Crippen LogP contribution in [0.25, 0.3) is 0 Å². The second-order valence-corrected chi connectivity index (χ2v) is 19.4. The molecule has 0 aromatic rings. The molecule has 7 atom stereocenters. The molecule has 1 amide bonds. The van der Waals surface area contributed by atoms with Gasteiger partial charge in [-0.25, -0.2) is 0 Å². The zero-order valence-corrected chi connectivity index (χ0v) is 41.4. The minimum Gasteiger partial charge on any atom is -0.394 e. The van der Waals surface area contributed by atoms with E-state index in [1.807, 2.05) is 0 Å². The molecule has 0 saturated carbocycles. The van der Waals surface area contributed by atoms with Crippen molar-refractivity contribution in [2.75, 3.05) is 13.2 Å². The van der Waals surface area contributed by atoms with Crippen LogP contribution in [0.15, 0.2) is 12.2 Å². The Hall–Kier alpha value is -1.07. The first-order valence-corrected chi connectivity index (χ1v) is 27.4. The van der Waals surface area contributed by atoms with Crippen LogP contribution < -0.4 is 5.32 Å². The molecule has 0 aliphatic carbocycles. The SMILES string of the molecule is CCCCCCCC/C=C\CCCCCCCCCCCC(=O)NC(COC1OC(CO)C(O)C(O)C1O)C(O)CCCCCCCCCCCCCCCCCCCCCCC. The number of aliphatic hydroxyl groups excluding tert-OH is 5. The molecule has 9 heteroatoms. The summed E-state index contributed by atoms with van der Waals surface area (Å²) in [5.74, 6) is -0.142. The number of amides is 1. The zero-order valence-electron chi connectivity index (χ0n) is 41.4. The molecule has 1 aliphatic heterocycles. The summed E-state index contributed by atoms with van der Waals surface area (Å²) in [6.45, 7) is 3.86. The second-order valence-electron chi connectivity index (χ2n) is 19.4. The molecular weight excluding hydrogens is 791 g/mol. The van der Waals surface area contributed by atoms with E-state index in [1.165, 1.54) is 205 Å². The average molecular weight is 896 g/mol. The number of ether oxygens (including phenoxy) is 2. The van der Waals surface area contributed by atoms with E-state index in [0.717, 1.165) is 38.5 Å². The van der Waals surface area contributed by atoms with Gasteiger partial charge in [0.25, 0.3) is 0 Å². The number of hydrogen-bond acceptors (Lipinski definition) is 8. The van der Waals surface area contributed by atoms with Crippen molar-refractivity contribution in [3.05, 3.63) is 12.2 Å². The van der Waals surface area contributed by atoms with E-state index in [-0.39, 0.29) is 12.5 Å². The van der Waals surface area contributed by atoms with Gasteiger partial charge in [0.1, 0.15) is 24.4 Å². The van der Waals surface area contributed by atoms with Gasteiger partial charge in [0, 0.05) is 6.42 Å². The van der Waals surface area contributed by atoms with Crippen molar-refractivity contribution in [2.24, 2.45) is 0 Å². The van der Waals surface area contributed by atoms with Gasteiger partial charge < -0.3 is 40.3 Å². The van der Waals surface area contributed by atoms with E-state index in [2.05, 4.69) is 31.3 Å². The van der Waals surface area contributed by atoms with Crippen LogP contribution >= 0.6 is 0 Å². The fourth-order valence-electron chi connectivity index (χ4n) is 8.98. The maximum Gasteiger partial charge on any atom is 0.220 e. The summed E-state index contributed by atoms with van der Waals surface area (Å²) in [5.41, 5.74) is 0. The van der Waals surface area contributed by atoms with E-state index in [0.29, 0.717) is 12.8 Å². The first kappa shape index (κ1) is 59.9. The lowest BCUT2D eigenvalue weighted by atomic mass is 9.99. The number of hydrogen-bond donors (Lipinski definition) is 6. The molecule has 1 fully saturated rings. The van der Waals surface area contributed by atoms with Crippen LogP contribution in [-0.2, 0) is 14.3 Å². The van der Waals surface area contributed by atoms with E-state index in [4.69, 9.17) is 9.47 Å². The normalized spacial score (nSPS) is 20.1. The second kappa shape index (κ2) is 44.7. The molecule has 9 nitrogen and oxygen atoms in total. The minimum atomic E-state index is -1.55. The van der Waals surface area contributed by atoms with Crippen LogP contribution in [0, 0.1) is 0 Å². The van der Waals surface area contributed by atoms with Gasteiger partial charge in [0.15, 0.2) is 6.29 Å². The van der Waals surface area contributed by atoms with Crippen molar-refractivity contribution in [1.82, 2.24) is 5.32 Å². The highest BCUT2D eigenvalue weighted by atomic mass is 16.7. The summed E-state index contributed by atoms with van der Waals surface area (Å²) in [5, 5.41) is 54.6. The van der Waals surface area contributed by atoms with Gasteiger partial charge in [-0.15, -0.1) is 0 Å². The van der Waals surface area contributed by atoms with Crippen LogP contribution in [0.4, 0.5) is 0 Å². The average Bonchev–Trinajstić information content (AvgIpc) is 3.28. The molecule has 0 aromatic carbocycles. The predicted molar refractivity (Wildman–Crippen MR) is 263 cm³/mol. The number of allylic oxidation sites excluding steroid dienone is 2. The maximum absolute atomic E-state index is 13.0. The van der Waals surface area contributed by atoms with Gasteiger partial charge in [-0.3, -0.25) is 4.79 Å². The molecule has 0 radical (unpaired) electrons. The van der Waals surface area contributed by atoms with Crippen molar-refractivity contribution in [1.29, 1.82) is 0 Å². The third-order valence-electron chi connectivity index (χ3n) is 13.4. The van der Waals surface area contributed by atoms with Gasteiger partial charge in [0.2, 0.25) is 5.91 Å². The Morgan fingerprint density at radius 3 is 1.29 bits per heavy atom. The smallest absolute Gasteiger partial charge is 0.220 e. The Balaban J connectivity index is 2.23. The number of carbonyl (C=O) groups is 1. The number of rotatable bonds is 47. The number of unbranched alkanes of at least 4 members (excludes halogenated alkanes) is 35. The lowest BCUT2D eigenvalue weighted by Crippen LogP contribution is -2.60. The molecule has 0 bridgehead atoms. The van der Waals surface area contributed by atoms with Crippen molar-refractivity contribution in [2.45, 2.75) is 314 Å². The molecule has 1 aliphatic rings. The molecule has 6 N–H and O–H groups in total. The Morgan fingerprint density at radius 1 is 0.524 bits per heavy atom. The quantitative estimate of drug-likeness (QED) is 0.0261. The topological polar surface area (TPSA) is 149 Å². The molecule has 63 heavy (non-hydrogen) atoms. The Kier molecular flexibility index (Phi) is 42.6. The lowest BCUT2D eigenvalue weighted by molar-refractivity contribution is -0.302. The first-order valence-electron chi connectivity index (χ1n) is 27.4. The Bertz CT molecular complexity index is 997. The van der Waals surface area contributed by atoms with Gasteiger partial charge in [-0.1, -0.05) is 238 Å². The highest BCUT2D eigenvalue weighted by Crippen LogP contribution is 2.23. The zero-order chi connectivity index (χ0) is 45.9. The summed E-state index contributed by atoms with van der Waals surface area (Å²) < 4.78 is 11.3. The van der Waals surface area contributed by atoms with Crippen molar-refractivity contribution in [3.8, 4) is 0 Å². The number of nitrogens with one attached hydrogen (secondary N) is 1. The maximum atomic E-state index is 13.0. The third-order valence-corrected chi connectivity index (χ3v) is 13.4. The van der Waals surface area contributed by atoms with Crippen LogP contribution in [0.3, 0.4) is 0 Å². The van der Waals surface area contributed by atoms with Crippen molar-refractivity contribution >= 4 is 5.91 Å². The van der Waals surface area contributed by atoms with E-state index < -0.39 is 49.5 Å². The van der Waals surface area contributed by atoms with Crippen molar-refractivity contribution < 1.29 is 39.8 Å². The minimum absolute atomic E-state index is 0.135. The summed E-state index contributed by atoms with van der Waals surface area (Å²) in [7, 11) is 0. The molecule has 1 saturated heterocycles. The fraction of sp³-hybridized carbons (Fsp3) is 0.944. The van der Waals surface area contributed by atoms with Gasteiger partial charge in [-0.05, 0) is 38.5 Å². The van der Waals surface area contributed by atoms with Crippen LogP contribution in [-0.4, -0.2) is 87.5 Å². The summed E-state index contributed by atoms with van der Waals surface area (Å²) in [6, 6.07) is -0.717. The largest absolute Gasteiger partial charge is 0.394 e. The van der Waals surface area contributed by atoms with E-state index in [9.17, 15) is 30.3 Å². The van der Waals surface area contributed by atoms with Crippen LogP contribution in [0.2, 0.25) is 0 Å². The number of aliphatic hydroxyl groups is 5. The molecule has 7 unspecified atom stereocenters. The highest BCUT2D eigenvalue weighted by molar-refractivity contribution is 5.76. The first-order chi connectivity index (χ1) is 30.8. The standard InChI is InChI=1S/C54H105NO8/c1-3-5-7-9-11-13-15-17-19-21-23-24-26-27-29-31-33-35-37-39-41-43-48(57)47(46-62-54-53(61)52(60)51(59)49(45-56)63-54)55-50(58)44-42-40-38-36-34-32-30-28-25-22-20-18-16-14-12-10-8-6-4-2/h18,20,47-49,51-54,56-57,59-61H,3-17,19,21-46H2,1-2H3,(H,55,58)/b20-18-. The number of carbonyl (C=O) groups excluding carboxylic acids is 1. The molecular formula is C54H105NO8. The van der Waals surface area contributed by atoms with Gasteiger partial charge in [-0.2, -0.15) is 0 Å². The molecule has 0 spiro atoms. The van der Waals surface area contributed by atoms with E-state index >= 15 is 0 Å². The lowest BCUT2D eigenvalue weighted by Gasteiger charge is -2.40. The predicted octanol–water partition coefficient (Wildman–Crippen LogP) is 12.8. The van der Waals surface area contributed by atoms with Crippen LogP contribution in [0.1, 0.15) is 271 Å². The molecule has 1 heterocycles. The monoisotopic (exact) mass is 896 g/mol. The molecule has 374 valence electrons. The Labute approximate surface area is 388 Å². The Morgan fingerprint density at radius 2 is 0.889 bits per heavy atom. The summed E-state index contributed by atoms with van der Waals surface area (Å²) in [6.07, 6.45) is 46.5.